The smallest absolute Gasteiger partial charge is 0.220 e. The van der Waals surface area contributed by atoms with E-state index in [9.17, 15) is 4.79 Å². The summed E-state index contributed by atoms with van der Waals surface area (Å²) in [6, 6.07) is 0. The first-order chi connectivity index (χ1) is 8.08. The van der Waals surface area contributed by atoms with Crippen LogP contribution < -0.4 is 5.32 Å². The third-order valence-corrected chi connectivity index (χ3v) is 4.06. The highest BCUT2D eigenvalue weighted by Crippen LogP contribution is 2.40. The number of hydrogen-bond acceptors (Lipinski definition) is 1. The van der Waals surface area contributed by atoms with Crippen molar-refractivity contribution < 1.29 is 4.79 Å². The Morgan fingerprint density at radius 2 is 1.50 bits per heavy atom. The van der Waals surface area contributed by atoms with Crippen LogP contribution in [0.2, 0.25) is 0 Å². The summed E-state index contributed by atoms with van der Waals surface area (Å²) in [7, 11) is 0. The maximum atomic E-state index is 11.9. The molecule has 1 aliphatic rings. The zero-order valence-corrected chi connectivity index (χ0v) is 13.1. The summed E-state index contributed by atoms with van der Waals surface area (Å²) >= 11 is 0. The molecule has 0 aromatic rings. The van der Waals surface area contributed by atoms with Crippen LogP contribution in [0.15, 0.2) is 0 Å². The molecular formula is C16H31NO. The summed E-state index contributed by atoms with van der Waals surface area (Å²) in [5, 5.41) is 3.07. The van der Waals surface area contributed by atoms with Gasteiger partial charge in [-0.1, -0.05) is 20.8 Å². The van der Waals surface area contributed by atoms with Crippen LogP contribution >= 0.6 is 0 Å². The van der Waals surface area contributed by atoms with Gasteiger partial charge in [-0.25, -0.2) is 0 Å². The monoisotopic (exact) mass is 253 g/mol. The molecule has 1 rings (SSSR count). The van der Waals surface area contributed by atoms with Crippen molar-refractivity contribution in [3.63, 3.8) is 0 Å². The van der Waals surface area contributed by atoms with Gasteiger partial charge in [0, 0.05) is 12.0 Å². The van der Waals surface area contributed by atoms with Crippen LogP contribution in [0.4, 0.5) is 0 Å². The van der Waals surface area contributed by atoms with Crippen molar-refractivity contribution in [1.82, 2.24) is 5.32 Å². The number of nitrogens with one attached hydrogen (secondary N) is 1. The summed E-state index contributed by atoms with van der Waals surface area (Å²) in [5.41, 5.74) is 0.332. The average Bonchev–Trinajstić information content (AvgIpc) is 2.13. The molecule has 0 heterocycles. The molecule has 0 saturated heterocycles. The van der Waals surface area contributed by atoms with Gasteiger partial charge in [-0.2, -0.15) is 0 Å². The van der Waals surface area contributed by atoms with Gasteiger partial charge in [0.1, 0.15) is 0 Å². The molecule has 1 saturated carbocycles. The van der Waals surface area contributed by atoms with Gasteiger partial charge in [0.25, 0.3) is 0 Å². The lowest BCUT2D eigenvalue weighted by atomic mass is 9.69. The van der Waals surface area contributed by atoms with Gasteiger partial charge < -0.3 is 5.32 Å². The molecule has 2 nitrogen and oxygen atoms in total. The van der Waals surface area contributed by atoms with E-state index in [4.69, 9.17) is 0 Å². The van der Waals surface area contributed by atoms with Crippen LogP contribution in [0.3, 0.4) is 0 Å². The van der Waals surface area contributed by atoms with Gasteiger partial charge >= 0.3 is 0 Å². The van der Waals surface area contributed by atoms with Crippen LogP contribution in [0, 0.1) is 17.3 Å². The lowest BCUT2D eigenvalue weighted by Crippen LogP contribution is -2.41. The number of carbonyl (C=O) groups excluding carboxylic acids is 1. The molecule has 2 heteroatoms. The van der Waals surface area contributed by atoms with E-state index in [1.165, 1.54) is 25.7 Å². The quantitative estimate of drug-likeness (QED) is 0.787. The molecular weight excluding hydrogens is 222 g/mol. The Hall–Kier alpha value is -0.530. The fourth-order valence-corrected chi connectivity index (χ4v) is 2.96. The van der Waals surface area contributed by atoms with Crippen LogP contribution in [-0.4, -0.2) is 11.4 Å². The van der Waals surface area contributed by atoms with Crippen molar-refractivity contribution in [3.8, 4) is 0 Å². The minimum atomic E-state index is -0.0975. The van der Waals surface area contributed by atoms with E-state index in [0.717, 1.165) is 5.92 Å². The molecule has 1 amide bonds. The Morgan fingerprint density at radius 3 is 1.89 bits per heavy atom. The van der Waals surface area contributed by atoms with Crippen LogP contribution in [0.5, 0.6) is 0 Å². The zero-order valence-electron chi connectivity index (χ0n) is 13.1. The number of rotatable bonds is 2. The SMILES string of the molecule is CC(C)(C)NC(=O)CC1CCC(C(C)(C)C)CC1. The van der Waals surface area contributed by atoms with Gasteiger partial charge in [-0.3, -0.25) is 4.79 Å². The summed E-state index contributed by atoms with van der Waals surface area (Å²) in [5.74, 6) is 1.66. The van der Waals surface area contributed by atoms with Crippen molar-refractivity contribution in [1.29, 1.82) is 0 Å². The fourth-order valence-electron chi connectivity index (χ4n) is 2.96. The second-order valence-corrected chi connectivity index (χ2v) is 8.09. The second-order valence-electron chi connectivity index (χ2n) is 8.09. The molecule has 0 aromatic carbocycles. The maximum Gasteiger partial charge on any atom is 0.220 e. The summed E-state index contributed by atoms with van der Waals surface area (Å²) in [6.45, 7) is 13.1. The second kappa shape index (κ2) is 5.63. The van der Waals surface area contributed by atoms with Crippen LogP contribution in [0.1, 0.15) is 73.6 Å². The molecule has 1 fully saturated rings. The summed E-state index contributed by atoms with van der Waals surface area (Å²) in [6.07, 6.45) is 5.74. The molecule has 1 N–H and O–H groups in total. The Kier molecular flexibility index (Phi) is 4.85. The predicted molar refractivity (Wildman–Crippen MR) is 77.4 cm³/mol. The van der Waals surface area contributed by atoms with Gasteiger partial charge in [-0.15, -0.1) is 0 Å². The van der Waals surface area contributed by atoms with E-state index in [-0.39, 0.29) is 11.4 Å². The Morgan fingerprint density at radius 1 is 1.00 bits per heavy atom. The number of amides is 1. The van der Waals surface area contributed by atoms with Crippen LogP contribution in [-0.2, 0) is 4.79 Å². The molecule has 0 radical (unpaired) electrons. The first kappa shape index (κ1) is 15.5. The minimum absolute atomic E-state index is 0.0975. The first-order valence-corrected chi connectivity index (χ1v) is 7.39. The third kappa shape index (κ3) is 5.41. The van der Waals surface area contributed by atoms with E-state index in [0.29, 0.717) is 17.8 Å². The van der Waals surface area contributed by atoms with E-state index >= 15 is 0 Å². The van der Waals surface area contributed by atoms with Gasteiger partial charge in [0.05, 0.1) is 0 Å². The highest BCUT2D eigenvalue weighted by atomic mass is 16.1. The minimum Gasteiger partial charge on any atom is -0.352 e. The van der Waals surface area contributed by atoms with E-state index in [2.05, 4.69) is 26.1 Å². The molecule has 0 aromatic heterocycles. The fraction of sp³-hybridized carbons (Fsp3) is 0.938. The highest BCUT2D eigenvalue weighted by Gasteiger charge is 2.30. The van der Waals surface area contributed by atoms with Crippen molar-refractivity contribution in [2.24, 2.45) is 17.3 Å². The average molecular weight is 253 g/mol. The standard InChI is InChI=1S/C16H31NO/c1-15(2,3)13-9-7-12(8-10-13)11-14(18)17-16(4,5)6/h12-13H,7-11H2,1-6H3,(H,17,18). The first-order valence-electron chi connectivity index (χ1n) is 7.39. The van der Waals surface area contributed by atoms with Crippen molar-refractivity contribution in [3.05, 3.63) is 0 Å². The van der Waals surface area contributed by atoms with Gasteiger partial charge in [0.15, 0.2) is 0 Å². The molecule has 0 aliphatic heterocycles. The maximum absolute atomic E-state index is 11.9. The molecule has 0 spiro atoms. The number of hydrogen-bond donors (Lipinski definition) is 1. The number of carbonyl (C=O) groups is 1. The van der Waals surface area contributed by atoms with Crippen LogP contribution in [0.25, 0.3) is 0 Å². The summed E-state index contributed by atoms with van der Waals surface area (Å²) in [4.78, 5) is 11.9. The molecule has 1 aliphatic carbocycles. The van der Waals surface area contributed by atoms with E-state index < -0.39 is 0 Å². The Balaban J connectivity index is 2.34. The van der Waals surface area contributed by atoms with E-state index in [1.807, 2.05) is 20.8 Å². The Bertz CT molecular complexity index is 274. The molecule has 0 unspecified atom stereocenters. The van der Waals surface area contributed by atoms with Gasteiger partial charge in [-0.05, 0) is 63.7 Å². The lowest BCUT2D eigenvalue weighted by Gasteiger charge is -2.37. The highest BCUT2D eigenvalue weighted by molar-refractivity contribution is 5.76. The predicted octanol–water partition coefficient (Wildman–Crippen LogP) is 4.14. The van der Waals surface area contributed by atoms with Crippen molar-refractivity contribution >= 4 is 5.91 Å². The lowest BCUT2D eigenvalue weighted by molar-refractivity contribution is -0.123. The Labute approximate surface area is 113 Å². The molecule has 106 valence electrons. The molecule has 18 heavy (non-hydrogen) atoms. The summed E-state index contributed by atoms with van der Waals surface area (Å²) < 4.78 is 0. The van der Waals surface area contributed by atoms with Crippen molar-refractivity contribution in [2.75, 3.05) is 0 Å². The largest absolute Gasteiger partial charge is 0.352 e. The van der Waals surface area contributed by atoms with Gasteiger partial charge in [0.2, 0.25) is 5.91 Å². The van der Waals surface area contributed by atoms with E-state index in [1.54, 1.807) is 0 Å². The molecule has 0 bridgehead atoms. The third-order valence-electron chi connectivity index (χ3n) is 4.06. The topological polar surface area (TPSA) is 29.1 Å². The molecule has 0 atom stereocenters. The zero-order chi connectivity index (χ0) is 14.0. The van der Waals surface area contributed by atoms with Crippen molar-refractivity contribution in [2.45, 2.75) is 79.2 Å². The normalized spacial score (nSPS) is 25.9.